The van der Waals surface area contributed by atoms with Gasteiger partial charge in [-0.25, -0.2) is 4.39 Å². The van der Waals surface area contributed by atoms with Gasteiger partial charge in [-0.15, -0.1) is 0 Å². The van der Waals surface area contributed by atoms with E-state index in [2.05, 4.69) is 30.6 Å². The van der Waals surface area contributed by atoms with Crippen LogP contribution >= 0.6 is 0 Å². The second-order valence-electron chi connectivity index (χ2n) is 5.06. The summed E-state index contributed by atoms with van der Waals surface area (Å²) in [5.74, 6) is -0.202. The van der Waals surface area contributed by atoms with Crippen molar-refractivity contribution in [1.29, 1.82) is 0 Å². The van der Waals surface area contributed by atoms with Gasteiger partial charge in [0.05, 0.1) is 0 Å². The van der Waals surface area contributed by atoms with Crippen LogP contribution in [0.15, 0.2) is 18.2 Å². The Labute approximate surface area is 122 Å². The normalized spacial score (nSPS) is 11.5. The molecule has 1 aromatic carbocycles. The van der Waals surface area contributed by atoms with Gasteiger partial charge in [-0.3, -0.25) is 4.90 Å². The van der Waals surface area contributed by atoms with Crippen molar-refractivity contribution < 1.29 is 4.39 Å². The molecule has 2 N–H and O–H groups in total. The Morgan fingerprint density at radius 3 is 2.15 bits per heavy atom. The topological polar surface area (TPSA) is 32.5 Å². The van der Waals surface area contributed by atoms with E-state index >= 15 is 0 Å². The van der Waals surface area contributed by atoms with Crippen LogP contribution in [0.3, 0.4) is 0 Å². The zero-order valence-corrected chi connectivity index (χ0v) is 13.0. The highest BCUT2D eigenvalue weighted by Gasteiger charge is 2.11. The van der Waals surface area contributed by atoms with Crippen LogP contribution in [0.25, 0.3) is 0 Å². The zero-order chi connectivity index (χ0) is 15.0. The summed E-state index contributed by atoms with van der Waals surface area (Å²) < 4.78 is 13.8. The van der Waals surface area contributed by atoms with Crippen molar-refractivity contribution in [3.8, 4) is 0 Å². The van der Waals surface area contributed by atoms with Crippen molar-refractivity contribution >= 4 is 5.69 Å². The molecule has 0 unspecified atom stereocenters. The van der Waals surface area contributed by atoms with Crippen LogP contribution in [-0.4, -0.2) is 42.5 Å². The molecule has 0 aliphatic rings. The van der Waals surface area contributed by atoms with Crippen LogP contribution in [0.4, 0.5) is 10.1 Å². The molecule has 0 aliphatic heterocycles. The summed E-state index contributed by atoms with van der Waals surface area (Å²) in [4.78, 5) is 4.66. The quantitative estimate of drug-likeness (QED) is 0.706. The highest BCUT2D eigenvalue weighted by atomic mass is 19.1. The molecule has 0 heterocycles. The molecule has 0 saturated heterocycles. The number of halogens is 1. The van der Waals surface area contributed by atoms with Crippen molar-refractivity contribution in [2.75, 3.05) is 38.5 Å². The third kappa shape index (κ3) is 5.10. The van der Waals surface area contributed by atoms with Crippen molar-refractivity contribution in [2.45, 2.75) is 33.7 Å². The Morgan fingerprint density at radius 2 is 1.60 bits per heavy atom. The monoisotopic (exact) mass is 281 g/mol. The molecule has 0 atom stereocenters. The number of benzene rings is 1. The van der Waals surface area contributed by atoms with Crippen LogP contribution in [0.1, 0.15) is 32.8 Å². The van der Waals surface area contributed by atoms with E-state index in [9.17, 15) is 4.39 Å². The number of rotatable bonds is 9. The Balaban J connectivity index is 2.51. The molecule has 0 fully saturated rings. The molecule has 0 aliphatic carbocycles. The molecule has 0 aromatic heterocycles. The Morgan fingerprint density at radius 1 is 1.00 bits per heavy atom. The maximum atomic E-state index is 13.8. The number of hydrogen-bond donors (Lipinski definition) is 1. The van der Waals surface area contributed by atoms with Gasteiger partial charge in [0.2, 0.25) is 0 Å². The fourth-order valence-corrected chi connectivity index (χ4v) is 2.37. The van der Waals surface area contributed by atoms with Gasteiger partial charge in [-0.2, -0.15) is 0 Å². The lowest BCUT2D eigenvalue weighted by Crippen LogP contribution is -2.30. The lowest BCUT2D eigenvalue weighted by atomic mass is 10.1. The van der Waals surface area contributed by atoms with E-state index in [1.807, 2.05) is 0 Å². The molecular formula is C16H28FN3. The molecule has 0 amide bonds. The van der Waals surface area contributed by atoms with Crippen LogP contribution in [0.2, 0.25) is 0 Å². The summed E-state index contributed by atoms with van der Waals surface area (Å²) in [6.45, 7) is 12.2. The molecule has 114 valence electrons. The van der Waals surface area contributed by atoms with E-state index < -0.39 is 0 Å². The summed E-state index contributed by atoms with van der Waals surface area (Å²) in [6, 6.07) is 4.91. The Bertz CT molecular complexity index is 371. The van der Waals surface area contributed by atoms with Gasteiger partial charge >= 0.3 is 0 Å². The van der Waals surface area contributed by atoms with Crippen LogP contribution in [0.5, 0.6) is 0 Å². The summed E-state index contributed by atoms with van der Waals surface area (Å²) in [5, 5.41) is 0. The average molecular weight is 281 g/mol. The molecule has 1 aromatic rings. The first-order valence-electron chi connectivity index (χ1n) is 7.59. The molecular weight excluding hydrogens is 253 g/mol. The maximum Gasteiger partial charge on any atom is 0.129 e. The fraction of sp³-hybridized carbons (Fsp3) is 0.625. The van der Waals surface area contributed by atoms with Gasteiger partial charge in [0.1, 0.15) is 5.82 Å². The fourth-order valence-electron chi connectivity index (χ4n) is 2.37. The predicted octanol–water partition coefficient (Wildman–Crippen LogP) is 2.96. The standard InChI is InChI=1S/C16H28FN3/c1-4-19(5-2)11-8-12-20(6-3)13-14-15(17)9-7-10-16(14)18/h7,9-10H,4-6,8,11-13,18H2,1-3H3. The Kier molecular flexibility index (Phi) is 7.55. The largest absolute Gasteiger partial charge is 0.398 e. The summed E-state index contributed by atoms with van der Waals surface area (Å²) >= 11 is 0. The van der Waals surface area contributed by atoms with Crippen molar-refractivity contribution in [3.05, 3.63) is 29.6 Å². The van der Waals surface area contributed by atoms with Crippen molar-refractivity contribution in [1.82, 2.24) is 9.80 Å². The summed E-state index contributed by atoms with van der Waals surface area (Å²) in [5.41, 5.74) is 7.04. The van der Waals surface area contributed by atoms with E-state index in [0.717, 1.165) is 39.1 Å². The third-order valence-corrected chi connectivity index (χ3v) is 3.83. The first kappa shape index (κ1) is 16.9. The van der Waals surface area contributed by atoms with E-state index in [0.29, 0.717) is 17.8 Å². The second-order valence-corrected chi connectivity index (χ2v) is 5.06. The molecule has 3 nitrogen and oxygen atoms in total. The first-order valence-corrected chi connectivity index (χ1v) is 7.59. The highest BCUT2D eigenvalue weighted by Crippen LogP contribution is 2.17. The molecule has 1 rings (SSSR count). The maximum absolute atomic E-state index is 13.8. The third-order valence-electron chi connectivity index (χ3n) is 3.83. The summed E-state index contributed by atoms with van der Waals surface area (Å²) in [7, 11) is 0. The van der Waals surface area contributed by atoms with Gasteiger partial charge in [0.25, 0.3) is 0 Å². The lowest BCUT2D eigenvalue weighted by molar-refractivity contribution is 0.237. The molecule has 20 heavy (non-hydrogen) atoms. The number of hydrogen-bond acceptors (Lipinski definition) is 3. The minimum Gasteiger partial charge on any atom is -0.398 e. The number of nitrogens with two attached hydrogens (primary N) is 1. The molecule has 0 bridgehead atoms. The van der Waals surface area contributed by atoms with Gasteiger partial charge in [-0.05, 0) is 51.3 Å². The van der Waals surface area contributed by atoms with Crippen LogP contribution in [0, 0.1) is 5.82 Å². The highest BCUT2D eigenvalue weighted by molar-refractivity contribution is 5.47. The molecule has 0 saturated carbocycles. The minimum absolute atomic E-state index is 0.202. The molecule has 4 heteroatoms. The lowest BCUT2D eigenvalue weighted by Gasteiger charge is -2.24. The summed E-state index contributed by atoms with van der Waals surface area (Å²) in [6.07, 6.45) is 1.10. The molecule has 0 spiro atoms. The molecule has 0 radical (unpaired) electrons. The van der Waals surface area contributed by atoms with Crippen molar-refractivity contribution in [3.63, 3.8) is 0 Å². The first-order chi connectivity index (χ1) is 9.62. The smallest absolute Gasteiger partial charge is 0.129 e. The number of nitrogens with zero attached hydrogens (tertiary/aromatic N) is 2. The van der Waals surface area contributed by atoms with E-state index in [4.69, 9.17) is 5.73 Å². The van der Waals surface area contributed by atoms with Crippen LogP contribution < -0.4 is 5.73 Å². The number of nitrogen functional groups attached to an aromatic ring is 1. The van der Waals surface area contributed by atoms with Gasteiger partial charge in [0.15, 0.2) is 0 Å². The SMILES string of the molecule is CCN(CC)CCCN(CC)Cc1c(N)cccc1F. The van der Waals surface area contributed by atoms with E-state index in [1.54, 1.807) is 12.1 Å². The van der Waals surface area contributed by atoms with Gasteiger partial charge in [-0.1, -0.05) is 26.8 Å². The number of anilines is 1. The van der Waals surface area contributed by atoms with Crippen LogP contribution in [-0.2, 0) is 6.54 Å². The van der Waals surface area contributed by atoms with Crippen molar-refractivity contribution in [2.24, 2.45) is 0 Å². The zero-order valence-electron chi connectivity index (χ0n) is 13.0. The average Bonchev–Trinajstić information content (AvgIpc) is 2.45. The van der Waals surface area contributed by atoms with E-state index in [-0.39, 0.29) is 5.82 Å². The Hall–Kier alpha value is -1.13. The van der Waals surface area contributed by atoms with Gasteiger partial charge < -0.3 is 10.6 Å². The predicted molar refractivity (Wildman–Crippen MR) is 84.2 cm³/mol. The van der Waals surface area contributed by atoms with E-state index in [1.165, 1.54) is 6.07 Å². The van der Waals surface area contributed by atoms with Gasteiger partial charge in [0, 0.05) is 17.8 Å². The second kappa shape index (κ2) is 8.93. The minimum atomic E-state index is -0.202.